The first-order chi connectivity index (χ1) is 12.9. The van der Waals surface area contributed by atoms with Gasteiger partial charge in [-0.25, -0.2) is 4.79 Å². The van der Waals surface area contributed by atoms with Crippen LogP contribution in [-0.4, -0.2) is 23.4 Å². The van der Waals surface area contributed by atoms with Crippen LogP contribution >= 0.6 is 11.3 Å². The number of thiophene rings is 1. The molecule has 1 atom stereocenters. The summed E-state index contributed by atoms with van der Waals surface area (Å²) < 4.78 is 4.95. The highest BCUT2D eigenvalue weighted by molar-refractivity contribution is 7.17. The van der Waals surface area contributed by atoms with Gasteiger partial charge in [0.25, 0.3) is 5.91 Å². The number of hydrogen-bond acceptors (Lipinski definition) is 6. The van der Waals surface area contributed by atoms with E-state index in [0.29, 0.717) is 0 Å². The summed E-state index contributed by atoms with van der Waals surface area (Å²) >= 11 is 0.719. The van der Waals surface area contributed by atoms with E-state index in [-0.39, 0.29) is 15.9 Å². The molecule has 1 N–H and O–H groups in total. The van der Waals surface area contributed by atoms with Crippen molar-refractivity contribution in [3.63, 3.8) is 0 Å². The van der Waals surface area contributed by atoms with Gasteiger partial charge in [-0.05, 0) is 55.4 Å². The molecule has 1 aliphatic rings. The maximum Gasteiger partial charge on any atom is 0.349 e. The molecule has 8 heteroatoms. The zero-order chi connectivity index (χ0) is 19.4. The zero-order valence-electron chi connectivity index (χ0n) is 14.9. The Bertz CT molecular complexity index is 877. The molecule has 0 bridgehead atoms. The van der Waals surface area contributed by atoms with E-state index in [1.54, 1.807) is 0 Å². The van der Waals surface area contributed by atoms with Gasteiger partial charge in [0.1, 0.15) is 4.88 Å². The van der Waals surface area contributed by atoms with Crippen molar-refractivity contribution in [3.8, 4) is 0 Å². The predicted octanol–water partition coefficient (Wildman–Crippen LogP) is 3.57. The third-order valence-corrected chi connectivity index (χ3v) is 5.57. The molecule has 3 rings (SSSR count). The van der Waals surface area contributed by atoms with E-state index in [9.17, 15) is 19.7 Å². The Morgan fingerprint density at radius 3 is 2.67 bits per heavy atom. The number of nitrogens with one attached hydrogen (secondary N) is 1. The fourth-order valence-corrected chi connectivity index (χ4v) is 3.84. The summed E-state index contributed by atoms with van der Waals surface area (Å²) in [6.07, 6.45) is 4.58. The molecule has 1 aromatic carbocycles. The van der Waals surface area contributed by atoms with Crippen molar-refractivity contribution in [2.45, 2.75) is 38.6 Å². The lowest BCUT2D eigenvalue weighted by Gasteiger charge is -2.20. The summed E-state index contributed by atoms with van der Waals surface area (Å²) in [5, 5.41) is 13.3. The number of esters is 1. The van der Waals surface area contributed by atoms with Gasteiger partial charge in [0.05, 0.1) is 11.0 Å². The van der Waals surface area contributed by atoms with Gasteiger partial charge in [0, 0.05) is 6.07 Å². The molecule has 1 aromatic heterocycles. The molecule has 27 heavy (non-hydrogen) atoms. The lowest BCUT2D eigenvalue weighted by Crippen LogP contribution is -2.31. The van der Waals surface area contributed by atoms with Gasteiger partial charge >= 0.3 is 11.0 Å². The number of benzene rings is 1. The van der Waals surface area contributed by atoms with E-state index in [0.717, 1.165) is 29.7 Å². The fraction of sp³-hybridized carbons (Fsp3) is 0.368. The smallest absolute Gasteiger partial charge is 0.349 e. The van der Waals surface area contributed by atoms with Crippen LogP contribution in [0.2, 0.25) is 0 Å². The molecule has 2 aromatic rings. The Hall–Kier alpha value is -2.74. The molecule has 0 aliphatic heterocycles. The number of ether oxygens (including phenoxy) is 1. The second kappa shape index (κ2) is 8.30. The molecular formula is C19H20N2O5S. The van der Waals surface area contributed by atoms with Crippen LogP contribution in [0.5, 0.6) is 0 Å². The average Bonchev–Trinajstić information content (AvgIpc) is 3.16. The molecule has 1 amide bonds. The van der Waals surface area contributed by atoms with Gasteiger partial charge in [-0.2, -0.15) is 0 Å². The van der Waals surface area contributed by atoms with E-state index in [1.807, 2.05) is 13.0 Å². The first kappa shape index (κ1) is 19.0. The van der Waals surface area contributed by atoms with Gasteiger partial charge in [0.2, 0.25) is 0 Å². The third kappa shape index (κ3) is 4.71. The summed E-state index contributed by atoms with van der Waals surface area (Å²) in [7, 11) is 0. The Morgan fingerprint density at radius 1 is 1.22 bits per heavy atom. The molecule has 1 aliphatic carbocycles. The lowest BCUT2D eigenvalue weighted by atomic mass is 9.89. The molecule has 0 radical (unpaired) electrons. The van der Waals surface area contributed by atoms with Crippen LogP contribution in [0.25, 0.3) is 0 Å². The first-order valence-electron chi connectivity index (χ1n) is 8.76. The summed E-state index contributed by atoms with van der Waals surface area (Å²) in [5.74, 6) is -1.16. The number of nitrogens with zero attached hydrogens (tertiary/aromatic N) is 1. The average molecular weight is 388 g/mol. The van der Waals surface area contributed by atoms with Gasteiger partial charge < -0.3 is 10.1 Å². The molecule has 142 valence electrons. The van der Waals surface area contributed by atoms with Crippen LogP contribution in [0.3, 0.4) is 0 Å². The van der Waals surface area contributed by atoms with Crippen LogP contribution in [0, 0.1) is 10.1 Å². The maximum absolute atomic E-state index is 12.1. The van der Waals surface area contributed by atoms with E-state index in [2.05, 4.69) is 17.4 Å². The molecule has 0 saturated heterocycles. The summed E-state index contributed by atoms with van der Waals surface area (Å²) in [6, 6.07) is 8.63. The number of rotatable bonds is 6. The predicted molar refractivity (Wildman–Crippen MR) is 101 cm³/mol. The second-order valence-electron chi connectivity index (χ2n) is 6.50. The molecule has 0 saturated carbocycles. The number of aryl methyl sites for hydroxylation is 2. The Morgan fingerprint density at radius 2 is 1.96 bits per heavy atom. The molecule has 0 fully saturated rings. The maximum atomic E-state index is 12.1. The van der Waals surface area contributed by atoms with Crippen molar-refractivity contribution in [3.05, 3.63) is 62.0 Å². The quantitative estimate of drug-likeness (QED) is 0.463. The zero-order valence-corrected chi connectivity index (χ0v) is 15.7. The van der Waals surface area contributed by atoms with Crippen molar-refractivity contribution < 1.29 is 19.2 Å². The molecule has 0 unspecified atom stereocenters. The largest absolute Gasteiger partial charge is 0.451 e. The van der Waals surface area contributed by atoms with Crippen molar-refractivity contribution in [2.24, 2.45) is 0 Å². The Balaban J connectivity index is 1.52. The van der Waals surface area contributed by atoms with Crippen LogP contribution in [0.15, 0.2) is 30.3 Å². The van der Waals surface area contributed by atoms with Gasteiger partial charge in [-0.1, -0.05) is 29.5 Å². The van der Waals surface area contributed by atoms with E-state index in [4.69, 9.17) is 4.74 Å². The SMILES string of the molecule is C[C@@H](NC(=O)COC(=O)c1ccc([N+](=O)[O-])s1)c1ccc2c(c1)CCCC2. The van der Waals surface area contributed by atoms with E-state index >= 15 is 0 Å². The van der Waals surface area contributed by atoms with Crippen molar-refractivity contribution in [1.82, 2.24) is 5.32 Å². The monoisotopic (exact) mass is 388 g/mol. The minimum absolute atomic E-state index is 0.0947. The number of carbonyl (C=O) groups excluding carboxylic acids is 2. The van der Waals surface area contributed by atoms with Crippen molar-refractivity contribution in [1.29, 1.82) is 0 Å². The third-order valence-electron chi connectivity index (χ3n) is 4.56. The Labute approximate surface area is 160 Å². The molecular weight excluding hydrogens is 368 g/mol. The van der Waals surface area contributed by atoms with Gasteiger partial charge in [-0.3, -0.25) is 14.9 Å². The van der Waals surface area contributed by atoms with Gasteiger partial charge in [0.15, 0.2) is 6.61 Å². The topological polar surface area (TPSA) is 98.5 Å². The molecule has 1 heterocycles. The van der Waals surface area contributed by atoms with Crippen molar-refractivity contribution >= 4 is 28.2 Å². The summed E-state index contributed by atoms with van der Waals surface area (Å²) in [5.41, 5.74) is 3.73. The molecule has 7 nitrogen and oxygen atoms in total. The van der Waals surface area contributed by atoms with Crippen LogP contribution in [0.4, 0.5) is 5.00 Å². The normalized spacial score (nSPS) is 14.1. The number of fused-ring (bicyclic) bond motifs is 1. The standard InChI is InChI=1S/C19H20N2O5S/c1-12(14-7-6-13-4-2-3-5-15(13)10-14)20-17(22)11-26-19(23)16-8-9-18(27-16)21(24)25/h6-10,12H,2-5,11H2,1H3,(H,20,22)/t12-/m1/s1. The second-order valence-corrected chi connectivity index (χ2v) is 7.56. The van der Waals surface area contributed by atoms with Gasteiger partial charge in [-0.15, -0.1) is 0 Å². The first-order valence-corrected chi connectivity index (χ1v) is 9.58. The summed E-state index contributed by atoms with van der Waals surface area (Å²) in [6.45, 7) is 1.45. The fourth-order valence-electron chi connectivity index (χ4n) is 3.13. The number of amides is 1. The van der Waals surface area contributed by atoms with Crippen LogP contribution in [-0.2, 0) is 22.4 Å². The number of carbonyl (C=O) groups is 2. The van der Waals surface area contributed by atoms with Crippen molar-refractivity contribution in [2.75, 3.05) is 6.61 Å². The highest BCUT2D eigenvalue weighted by Crippen LogP contribution is 2.25. The number of hydrogen-bond donors (Lipinski definition) is 1. The highest BCUT2D eigenvalue weighted by atomic mass is 32.1. The highest BCUT2D eigenvalue weighted by Gasteiger charge is 2.18. The van der Waals surface area contributed by atoms with E-state index < -0.39 is 23.4 Å². The van der Waals surface area contributed by atoms with E-state index in [1.165, 1.54) is 36.1 Å². The minimum Gasteiger partial charge on any atom is -0.451 e. The van der Waals surface area contributed by atoms with Crippen LogP contribution in [0.1, 0.15) is 52.2 Å². The lowest BCUT2D eigenvalue weighted by molar-refractivity contribution is -0.380. The minimum atomic E-state index is -0.746. The van der Waals surface area contributed by atoms with Crippen LogP contribution < -0.4 is 5.32 Å². The molecule has 0 spiro atoms. The number of nitro groups is 1. The summed E-state index contributed by atoms with van der Waals surface area (Å²) in [4.78, 5) is 34.1. The Kier molecular flexibility index (Phi) is 5.85.